The molecular formula is C12H21N3O2. The number of ether oxygens (including phenoxy) is 2. The molecule has 1 fully saturated rings. The van der Waals surface area contributed by atoms with Gasteiger partial charge in [0.15, 0.2) is 0 Å². The van der Waals surface area contributed by atoms with Gasteiger partial charge in [-0.25, -0.2) is 4.98 Å². The Balaban J connectivity index is 1.72. The van der Waals surface area contributed by atoms with Crippen LogP contribution in [-0.4, -0.2) is 54.4 Å². The molecule has 1 aliphatic heterocycles. The van der Waals surface area contributed by atoms with Crippen molar-refractivity contribution in [3.05, 3.63) is 18.2 Å². The first-order valence-corrected chi connectivity index (χ1v) is 6.18. The van der Waals surface area contributed by atoms with Crippen LogP contribution in [0.5, 0.6) is 0 Å². The zero-order chi connectivity index (χ0) is 11.9. The third-order valence-electron chi connectivity index (χ3n) is 3.05. The molecule has 1 aromatic rings. The summed E-state index contributed by atoms with van der Waals surface area (Å²) in [7, 11) is 1.70. The van der Waals surface area contributed by atoms with Crippen LogP contribution in [0, 0.1) is 0 Å². The fourth-order valence-electron chi connectivity index (χ4n) is 2.20. The highest BCUT2D eigenvalue weighted by Crippen LogP contribution is 2.15. The topological polar surface area (TPSA) is 50.4 Å². The van der Waals surface area contributed by atoms with E-state index in [2.05, 4.69) is 14.9 Å². The van der Waals surface area contributed by atoms with E-state index in [4.69, 9.17) is 9.47 Å². The molecule has 0 aliphatic carbocycles. The van der Waals surface area contributed by atoms with Crippen molar-refractivity contribution in [2.24, 2.45) is 0 Å². The smallest absolute Gasteiger partial charge is 0.0922 e. The molecule has 0 spiro atoms. The number of nitrogens with zero attached hydrogens (tertiary/aromatic N) is 2. The summed E-state index contributed by atoms with van der Waals surface area (Å²) in [4.78, 5) is 9.59. The maximum atomic E-state index is 5.78. The molecule has 1 aromatic heterocycles. The summed E-state index contributed by atoms with van der Waals surface area (Å²) in [5.41, 5.74) is 1.17. The largest absolute Gasteiger partial charge is 0.382 e. The lowest BCUT2D eigenvalue weighted by molar-refractivity contribution is -0.0226. The Kier molecular flexibility index (Phi) is 4.97. The fraction of sp³-hybridized carbons (Fsp3) is 0.750. The van der Waals surface area contributed by atoms with Gasteiger partial charge in [-0.15, -0.1) is 0 Å². The maximum absolute atomic E-state index is 5.78. The molecule has 5 heteroatoms. The van der Waals surface area contributed by atoms with Crippen molar-refractivity contribution < 1.29 is 9.47 Å². The molecule has 96 valence electrons. The Hall–Kier alpha value is -0.910. The molecule has 17 heavy (non-hydrogen) atoms. The fourth-order valence-corrected chi connectivity index (χ4v) is 2.20. The van der Waals surface area contributed by atoms with Crippen LogP contribution in [0.3, 0.4) is 0 Å². The highest BCUT2D eigenvalue weighted by molar-refractivity contribution is 4.94. The Bertz CT molecular complexity index is 303. The summed E-state index contributed by atoms with van der Waals surface area (Å²) >= 11 is 0. The molecule has 1 N–H and O–H groups in total. The van der Waals surface area contributed by atoms with Crippen molar-refractivity contribution in [2.45, 2.75) is 25.5 Å². The average molecular weight is 239 g/mol. The molecule has 1 aliphatic rings. The number of H-pyrrole nitrogens is 1. The molecule has 1 saturated heterocycles. The van der Waals surface area contributed by atoms with E-state index in [0.29, 0.717) is 19.3 Å². The number of aromatic amines is 1. The minimum atomic E-state index is 0.349. The van der Waals surface area contributed by atoms with Gasteiger partial charge >= 0.3 is 0 Å². The predicted molar refractivity (Wildman–Crippen MR) is 64.7 cm³/mol. The summed E-state index contributed by atoms with van der Waals surface area (Å²) in [5.74, 6) is 0. The first kappa shape index (κ1) is 12.5. The van der Waals surface area contributed by atoms with E-state index in [0.717, 1.165) is 26.1 Å². The van der Waals surface area contributed by atoms with Crippen LogP contribution in [0.2, 0.25) is 0 Å². The standard InChI is InChI=1S/C12H21N3O2/c1-16-5-6-17-12-3-2-4-15(9-12)8-11-7-13-10-14-11/h7,10,12H,2-6,8-9H2,1H3,(H,13,14). The molecule has 0 radical (unpaired) electrons. The monoisotopic (exact) mass is 239 g/mol. The first-order chi connectivity index (χ1) is 8.38. The quantitative estimate of drug-likeness (QED) is 0.754. The van der Waals surface area contributed by atoms with Crippen molar-refractivity contribution in [1.82, 2.24) is 14.9 Å². The Morgan fingerprint density at radius 1 is 1.53 bits per heavy atom. The van der Waals surface area contributed by atoms with Crippen molar-refractivity contribution in [2.75, 3.05) is 33.4 Å². The molecule has 1 unspecified atom stereocenters. The van der Waals surface area contributed by atoms with Gasteiger partial charge in [0.1, 0.15) is 0 Å². The van der Waals surface area contributed by atoms with Gasteiger partial charge in [0, 0.05) is 32.1 Å². The maximum Gasteiger partial charge on any atom is 0.0922 e. The number of methoxy groups -OCH3 is 1. The highest BCUT2D eigenvalue weighted by Gasteiger charge is 2.20. The van der Waals surface area contributed by atoms with Crippen LogP contribution in [0.25, 0.3) is 0 Å². The number of imidazole rings is 1. The third kappa shape index (κ3) is 4.11. The van der Waals surface area contributed by atoms with Gasteiger partial charge < -0.3 is 14.5 Å². The Morgan fingerprint density at radius 2 is 2.47 bits per heavy atom. The Morgan fingerprint density at radius 3 is 3.24 bits per heavy atom. The van der Waals surface area contributed by atoms with E-state index in [1.54, 1.807) is 13.4 Å². The molecule has 0 aromatic carbocycles. The van der Waals surface area contributed by atoms with Crippen LogP contribution >= 0.6 is 0 Å². The van der Waals surface area contributed by atoms with Crippen LogP contribution in [-0.2, 0) is 16.0 Å². The summed E-state index contributed by atoms with van der Waals surface area (Å²) < 4.78 is 10.8. The van der Waals surface area contributed by atoms with Gasteiger partial charge in [-0.05, 0) is 19.4 Å². The summed E-state index contributed by atoms with van der Waals surface area (Å²) in [5, 5.41) is 0. The van der Waals surface area contributed by atoms with Crippen molar-refractivity contribution in [1.29, 1.82) is 0 Å². The number of likely N-dealkylation sites (tertiary alicyclic amines) is 1. The van der Waals surface area contributed by atoms with Crippen LogP contribution in [0.1, 0.15) is 18.5 Å². The van der Waals surface area contributed by atoms with Gasteiger partial charge in [0.2, 0.25) is 0 Å². The van der Waals surface area contributed by atoms with E-state index >= 15 is 0 Å². The Labute approximate surface area is 102 Å². The molecule has 5 nitrogen and oxygen atoms in total. The second kappa shape index (κ2) is 6.74. The second-order valence-electron chi connectivity index (χ2n) is 4.44. The second-order valence-corrected chi connectivity index (χ2v) is 4.44. The van der Waals surface area contributed by atoms with Crippen LogP contribution in [0.4, 0.5) is 0 Å². The molecule has 2 heterocycles. The predicted octanol–water partition coefficient (Wildman–Crippen LogP) is 1.04. The van der Waals surface area contributed by atoms with E-state index < -0.39 is 0 Å². The van der Waals surface area contributed by atoms with Crippen molar-refractivity contribution in [3.63, 3.8) is 0 Å². The first-order valence-electron chi connectivity index (χ1n) is 6.18. The minimum absolute atomic E-state index is 0.349. The molecule has 0 saturated carbocycles. The number of aromatic nitrogens is 2. The van der Waals surface area contributed by atoms with Gasteiger partial charge in [-0.1, -0.05) is 0 Å². The van der Waals surface area contributed by atoms with E-state index in [1.165, 1.54) is 12.1 Å². The minimum Gasteiger partial charge on any atom is -0.382 e. The zero-order valence-electron chi connectivity index (χ0n) is 10.4. The van der Waals surface area contributed by atoms with Crippen LogP contribution in [0.15, 0.2) is 12.5 Å². The molecule has 0 amide bonds. The molecule has 0 bridgehead atoms. The van der Waals surface area contributed by atoms with E-state index in [-0.39, 0.29) is 0 Å². The van der Waals surface area contributed by atoms with Gasteiger partial charge in [-0.2, -0.15) is 0 Å². The summed E-state index contributed by atoms with van der Waals surface area (Å²) in [6.07, 6.45) is 6.32. The number of hydrogen-bond acceptors (Lipinski definition) is 4. The highest BCUT2D eigenvalue weighted by atomic mass is 16.5. The SMILES string of the molecule is COCCOC1CCCN(Cc2cnc[nH]2)C1. The summed E-state index contributed by atoms with van der Waals surface area (Å²) in [6, 6.07) is 0. The average Bonchev–Trinajstić information content (AvgIpc) is 2.83. The van der Waals surface area contributed by atoms with Crippen LogP contribution < -0.4 is 0 Å². The number of rotatable bonds is 6. The zero-order valence-corrected chi connectivity index (χ0v) is 10.4. The lowest BCUT2D eigenvalue weighted by Gasteiger charge is -2.32. The molecule has 2 rings (SSSR count). The normalized spacial score (nSPS) is 21.8. The number of nitrogens with one attached hydrogen (secondary N) is 1. The lowest BCUT2D eigenvalue weighted by atomic mass is 10.1. The third-order valence-corrected chi connectivity index (χ3v) is 3.05. The number of hydrogen-bond donors (Lipinski definition) is 1. The van der Waals surface area contributed by atoms with Gasteiger partial charge in [-0.3, -0.25) is 4.90 Å². The summed E-state index contributed by atoms with van der Waals surface area (Å²) in [6.45, 7) is 4.45. The van der Waals surface area contributed by atoms with E-state index in [9.17, 15) is 0 Å². The molecular weight excluding hydrogens is 218 g/mol. The van der Waals surface area contributed by atoms with E-state index in [1.807, 2.05) is 6.20 Å². The lowest BCUT2D eigenvalue weighted by Crippen LogP contribution is -2.39. The van der Waals surface area contributed by atoms with Crippen molar-refractivity contribution in [3.8, 4) is 0 Å². The molecule has 1 atom stereocenters. The van der Waals surface area contributed by atoms with Gasteiger partial charge in [0.25, 0.3) is 0 Å². The number of piperidine rings is 1. The van der Waals surface area contributed by atoms with Gasteiger partial charge in [0.05, 0.1) is 25.6 Å². The van der Waals surface area contributed by atoms with Crippen molar-refractivity contribution >= 4 is 0 Å².